The van der Waals surface area contributed by atoms with E-state index in [-0.39, 0.29) is 31.1 Å². The third-order valence-corrected chi connectivity index (χ3v) is 11.9. The Hall–Kier alpha value is -5.46. The van der Waals surface area contributed by atoms with Crippen LogP contribution in [0, 0.1) is 29.1 Å². The van der Waals surface area contributed by atoms with E-state index in [1.54, 1.807) is 20.2 Å². The number of fused-ring (bicyclic) bond motifs is 1. The number of hydrogen-bond acceptors (Lipinski definition) is 8. The van der Waals surface area contributed by atoms with Crippen molar-refractivity contribution in [1.29, 1.82) is 0 Å². The zero-order chi connectivity index (χ0) is 41.1. The summed E-state index contributed by atoms with van der Waals surface area (Å²) in [7, 11) is 3.12. The number of amides is 4. The average Bonchev–Trinajstić information content (AvgIpc) is 3.77. The molecule has 13 nitrogen and oxygen atoms in total. The number of nitrogens with one attached hydrogen (secondary N) is 4. The van der Waals surface area contributed by atoms with Crippen LogP contribution in [0.15, 0.2) is 67.3 Å². The molecule has 13 heteroatoms. The van der Waals surface area contributed by atoms with E-state index in [0.29, 0.717) is 28.1 Å². The monoisotopic (exact) mass is 781 g/mol. The van der Waals surface area contributed by atoms with Gasteiger partial charge in [-0.15, -0.1) is 6.58 Å². The summed E-state index contributed by atoms with van der Waals surface area (Å²) in [5.74, 6) is -4.42. The SMILES string of the molecule is C=C[C@@H]1C[C@]1(NC(=O)[C@@H]1CC(Oc2cc(-c3ccccc3)nc3cc(OC)ccc23)C[C@H]1C(=O)N[C@H](C(=O)NC(C(=O)NC)C1CCCCC1)C(C)(C)C)C(=O)O. The van der Waals surface area contributed by atoms with Gasteiger partial charge in [-0.1, -0.05) is 76.4 Å². The number of carboxylic acids is 1. The largest absolute Gasteiger partial charge is 0.497 e. The molecule has 6 rings (SSSR count). The van der Waals surface area contributed by atoms with Crippen molar-refractivity contribution in [2.45, 2.75) is 95.9 Å². The molecular formula is C44H55N5O8. The minimum atomic E-state index is -1.51. The first-order chi connectivity index (χ1) is 27.2. The van der Waals surface area contributed by atoms with Crippen LogP contribution in [0.1, 0.15) is 72.1 Å². The van der Waals surface area contributed by atoms with E-state index in [0.717, 1.165) is 37.7 Å². The van der Waals surface area contributed by atoms with E-state index in [1.807, 2.05) is 69.3 Å². The molecule has 5 N–H and O–H groups in total. The summed E-state index contributed by atoms with van der Waals surface area (Å²) >= 11 is 0. The lowest BCUT2D eigenvalue weighted by molar-refractivity contribution is -0.145. The number of aliphatic carboxylic acids is 1. The van der Waals surface area contributed by atoms with Gasteiger partial charge in [-0.25, -0.2) is 9.78 Å². The number of carbonyl (C=O) groups excluding carboxylic acids is 4. The van der Waals surface area contributed by atoms with Crippen LogP contribution in [0.25, 0.3) is 22.2 Å². The minimum Gasteiger partial charge on any atom is -0.497 e. The Labute approximate surface area is 333 Å². The first-order valence-corrected chi connectivity index (χ1v) is 19.9. The molecule has 3 saturated carbocycles. The maximum atomic E-state index is 14.5. The number of aromatic nitrogens is 1. The van der Waals surface area contributed by atoms with E-state index in [2.05, 4.69) is 27.8 Å². The molecule has 57 heavy (non-hydrogen) atoms. The van der Waals surface area contributed by atoms with Crippen LogP contribution in [-0.4, -0.2) is 77.6 Å². The lowest BCUT2D eigenvalue weighted by atomic mass is 9.82. The number of ether oxygens (including phenoxy) is 2. The van der Waals surface area contributed by atoms with Gasteiger partial charge < -0.3 is 35.8 Å². The van der Waals surface area contributed by atoms with Crippen molar-refractivity contribution >= 4 is 40.5 Å². The summed E-state index contributed by atoms with van der Waals surface area (Å²) in [6, 6.07) is 15.1. The zero-order valence-electron chi connectivity index (χ0n) is 33.4. The Kier molecular flexibility index (Phi) is 12.2. The zero-order valence-corrected chi connectivity index (χ0v) is 33.4. The van der Waals surface area contributed by atoms with E-state index in [1.165, 1.54) is 6.08 Å². The molecule has 0 saturated heterocycles. The highest BCUT2D eigenvalue weighted by Crippen LogP contribution is 2.46. The summed E-state index contributed by atoms with van der Waals surface area (Å²) in [6.07, 6.45) is 5.90. The molecule has 0 aliphatic heterocycles. The predicted octanol–water partition coefficient (Wildman–Crippen LogP) is 5.17. The molecule has 3 aromatic rings. The molecule has 2 unspecified atom stereocenters. The Bertz CT molecular complexity index is 2010. The highest BCUT2D eigenvalue weighted by atomic mass is 16.5. The second kappa shape index (κ2) is 17.0. The van der Waals surface area contributed by atoms with Gasteiger partial charge in [0.05, 0.1) is 30.2 Å². The van der Waals surface area contributed by atoms with Crippen LogP contribution in [0.3, 0.4) is 0 Å². The minimum absolute atomic E-state index is 0.0316. The first kappa shape index (κ1) is 41.2. The van der Waals surface area contributed by atoms with Crippen molar-refractivity contribution in [2.24, 2.45) is 29.1 Å². The van der Waals surface area contributed by atoms with Crippen molar-refractivity contribution in [1.82, 2.24) is 26.3 Å². The number of methoxy groups -OCH3 is 1. The van der Waals surface area contributed by atoms with Crippen LogP contribution in [-0.2, 0) is 24.0 Å². The van der Waals surface area contributed by atoms with Gasteiger partial charge in [-0.05, 0) is 55.6 Å². The van der Waals surface area contributed by atoms with Crippen molar-refractivity contribution < 1.29 is 38.6 Å². The molecule has 304 valence electrons. The summed E-state index contributed by atoms with van der Waals surface area (Å²) in [5.41, 5.74) is -0.146. The van der Waals surface area contributed by atoms with Gasteiger partial charge in [0.15, 0.2) is 0 Å². The molecule has 4 amide bonds. The van der Waals surface area contributed by atoms with E-state index < -0.39 is 70.6 Å². The highest BCUT2D eigenvalue weighted by molar-refractivity contribution is 5.97. The molecule has 2 aromatic carbocycles. The number of pyridine rings is 1. The molecule has 1 aromatic heterocycles. The van der Waals surface area contributed by atoms with Crippen LogP contribution < -0.4 is 30.7 Å². The maximum Gasteiger partial charge on any atom is 0.330 e. The van der Waals surface area contributed by atoms with Crippen LogP contribution >= 0.6 is 0 Å². The van der Waals surface area contributed by atoms with E-state index in [4.69, 9.17) is 14.5 Å². The van der Waals surface area contributed by atoms with E-state index in [9.17, 15) is 29.1 Å². The molecule has 1 heterocycles. The molecule has 7 atom stereocenters. The second-order valence-corrected chi connectivity index (χ2v) is 16.8. The number of likely N-dealkylation sites (N-methyl/N-ethyl adjacent to an activating group) is 1. The second-order valence-electron chi connectivity index (χ2n) is 16.8. The fourth-order valence-corrected chi connectivity index (χ4v) is 8.51. The van der Waals surface area contributed by atoms with Gasteiger partial charge >= 0.3 is 5.97 Å². The van der Waals surface area contributed by atoms with Gasteiger partial charge in [0, 0.05) is 36.0 Å². The molecule has 0 bridgehead atoms. The van der Waals surface area contributed by atoms with Gasteiger partial charge in [0.25, 0.3) is 0 Å². The van der Waals surface area contributed by atoms with Gasteiger partial charge in [-0.2, -0.15) is 0 Å². The predicted molar refractivity (Wildman–Crippen MR) is 215 cm³/mol. The van der Waals surface area contributed by atoms with Crippen molar-refractivity contribution in [3.63, 3.8) is 0 Å². The Morgan fingerprint density at radius 1 is 0.930 bits per heavy atom. The lowest BCUT2D eigenvalue weighted by Gasteiger charge is -2.35. The molecule has 0 spiro atoms. The number of rotatable bonds is 14. The topological polar surface area (TPSA) is 185 Å². The van der Waals surface area contributed by atoms with Crippen LogP contribution in [0.2, 0.25) is 0 Å². The summed E-state index contributed by atoms with van der Waals surface area (Å²) in [5, 5.41) is 22.2. The summed E-state index contributed by atoms with van der Waals surface area (Å²) in [4.78, 5) is 73.1. The Balaban J connectivity index is 1.30. The smallest absolute Gasteiger partial charge is 0.330 e. The van der Waals surface area contributed by atoms with Crippen molar-refractivity contribution in [3.05, 3.63) is 67.3 Å². The standard InChI is InChI=1S/C44H55N5O8/c1-7-27-24-44(27,42(54)55)49-39(51)32-21-29(57-35-23-33(25-14-10-8-11-15-25)46-34-22-28(56-6)18-19-30(34)35)20-31(32)38(50)48-37(43(2,3)4)41(53)47-36(40(52)45-5)26-16-12-9-13-17-26/h7-8,10-11,14-15,18-19,22-23,26-27,29,31-32,36-37H,1,9,12-13,16-17,20-21,24H2,2-6H3,(H,45,52)(H,47,53)(H,48,50)(H,49,51)(H,54,55)/t27-,29?,31-,32-,36?,37-,44-/m1/s1. The molecular weight excluding hydrogens is 727 g/mol. The quantitative estimate of drug-likeness (QED) is 0.138. The number of nitrogens with zero attached hydrogens (tertiary/aromatic N) is 1. The number of benzene rings is 2. The molecule has 3 aliphatic carbocycles. The molecule has 3 aliphatic rings. The van der Waals surface area contributed by atoms with Gasteiger partial charge in [0.1, 0.15) is 35.2 Å². The fourth-order valence-electron chi connectivity index (χ4n) is 8.51. The lowest BCUT2D eigenvalue weighted by Crippen LogP contribution is -2.60. The first-order valence-electron chi connectivity index (χ1n) is 19.9. The Morgan fingerprint density at radius 2 is 1.61 bits per heavy atom. The average molecular weight is 782 g/mol. The van der Waals surface area contributed by atoms with Gasteiger partial charge in [0.2, 0.25) is 23.6 Å². The van der Waals surface area contributed by atoms with Crippen molar-refractivity contribution in [3.8, 4) is 22.8 Å². The van der Waals surface area contributed by atoms with Crippen LogP contribution in [0.4, 0.5) is 0 Å². The summed E-state index contributed by atoms with van der Waals surface area (Å²) < 4.78 is 12.2. The van der Waals surface area contributed by atoms with E-state index >= 15 is 0 Å². The Morgan fingerprint density at radius 3 is 2.21 bits per heavy atom. The normalized spacial score (nSPS) is 24.4. The molecule has 3 fully saturated rings. The summed E-state index contributed by atoms with van der Waals surface area (Å²) in [6.45, 7) is 9.21. The maximum absolute atomic E-state index is 14.5. The van der Waals surface area contributed by atoms with Crippen LogP contribution in [0.5, 0.6) is 11.5 Å². The molecule has 0 radical (unpaired) electrons. The number of carboxylic acid groups (broad SMARTS) is 1. The highest BCUT2D eigenvalue weighted by Gasteiger charge is 2.61. The van der Waals surface area contributed by atoms with Gasteiger partial charge in [-0.3, -0.25) is 19.2 Å². The number of carbonyl (C=O) groups is 5. The fraction of sp³-hybridized carbons (Fsp3) is 0.500. The van der Waals surface area contributed by atoms with Crippen molar-refractivity contribution in [2.75, 3.05) is 14.2 Å². The third kappa shape index (κ3) is 8.92. The number of hydrogen-bond donors (Lipinski definition) is 5. The third-order valence-electron chi connectivity index (χ3n) is 11.9.